The summed E-state index contributed by atoms with van der Waals surface area (Å²) in [7, 11) is 0. The van der Waals surface area contributed by atoms with Crippen molar-refractivity contribution in [1.29, 1.82) is 0 Å². The van der Waals surface area contributed by atoms with Crippen LogP contribution in [0.2, 0.25) is 0 Å². The molecule has 12 heavy (non-hydrogen) atoms. The van der Waals surface area contributed by atoms with Gasteiger partial charge < -0.3 is 11.5 Å². The van der Waals surface area contributed by atoms with Crippen LogP contribution in [0.4, 0.5) is 4.39 Å². The van der Waals surface area contributed by atoms with Crippen molar-refractivity contribution in [2.75, 3.05) is 13.1 Å². The summed E-state index contributed by atoms with van der Waals surface area (Å²) < 4.78 is 13.1. The molecule has 0 spiro atoms. The maximum Gasteiger partial charge on any atom is 0.146 e. The maximum atomic E-state index is 13.1. The Morgan fingerprint density at radius 1 is 1.25 bits per heavy atom. The zero-order valence-electron chi connectivity index (χ0n) is 6.97. The molecule has 0 aromatic rings. The number of alkyl halides is 1. The van der Waals surface area contributed by atoms with E-state index >= 15 is 0 Å². The third-order valence-electron chi connectivity index (χ3n) is 1.31. The molecule has 74 valence electrons. The minimum Gasteiger partial charge on any atom is -0.327 e. The summed E-state index contributed by atoms with van der Waals surface area (Å²) in [5, 5.41) is 0. The molecule has 0 unspecified atom stereocenters. The van der Waals surface area contributed by atoms with Crippen LogP contribution in [-0.2, 0) is 0 Å². The monoisotopic (exact) mass is 216 g/mol. The largest absolute Gasteiger partial charge is 0.327 e. The van der Waals surface area contributed by atoms with Gasteiger partial charge in [-0.2, -0.15) is 0 Å². The van der Waals surface area contributed by atoms with Crippen LogP contribution in [0.15, 0.2) is 0 Å². The van der Waals surface area contributed by atoms with Crippen LogP contribution < -0.4 is 11.5 Å². The Hall–Kier alpha value is -0.0100. The van der Waals surface area contributed by atoms with E-state index in [0.717, 1.165) is 0 Å². The molecule has 2 nitrogen and oxygen atoms in total. The molecule has 4 N–H and O–H groups in total. The standard InChI is InChI=1S/C7H13FN2.2ClH/c1-2-3-4-7(8,5-9)6-10;;/h4-6,9-10H2,1H3;2*1H. The molecule has 0 aliphatic carbocycles. The second-order valence-electron chi connectivity index (χ2n) is 2.16. The third-order valence-corrected chi connectivity index (χ3v) is 1.31. The highest BCUT2D eigenvalue weighted by atomic mass is 35.5. The highest BCUT2D eigenvalue weighted by molar-refractivity contribution is 5.85. The van der Waals surface area contributed by atoms with Crippen LogP contribution in [0.1, 0.15) is 13.3 Å². The van der Waals surface area contributed by atoms with E-state index in [1.807, 2.05) is 0 Å². The Balaban J connectivity index is -0.000000405. The average Bonchev–Trinajstić information content (AvgIpc) is 2.00. The average molecular weight is 217 g/mol. The van der Waals surface area contributed by atoms with E-state index in [-0.39, 0.29) is 44.3 Å². The zero-order valence-corrected chi connectivity index (χ0v) is 8.60. The first kappa shape index (κ1) is 17.9. The second kappa shape index (κ2) is 9.08. The Morgan fingerprint density at radius 2 is 1.67 bits per heavy atom. The van der Waals surface area contributed by atoms with Crippen LogP contribution in [0, 0.1) is 11.8 Å². The first-order valence-corrected chi connectivity index (χ1v) is 3.17. The number of hydrogen-bond acceptors (Lipinski definition) is 2. The smallest absolute Gasteiger partial charge is 0.146 e. The predicted octanol–water partition coefficient (Wildman–Crippen LogP) is 0.869. The lowest BCUT2D eigenvalue weighted by molar-refractivity contribution is 0.191. The molecule has 0 fully saturated rings. The molecule has 0 atom stereocenters. The first-order chi connectivity index (χ1) is 4.68. The Morgan fingerprint density at radius 3 is 1.92 bits per heavy atom. The first-order valence-electron chi connectivity index (χ1n) is 3.17. The van der Waals surface area contributed by atoms with Gasteiger partial charge in [-0.15, -0.1) is 36.7 Å². The van der Waals surface area contributed by atoms with Gasteiger partial charge in [0.2, 0.25) is 0 Å². The zero-order chi connectivity index (χ0) is 8.04. The van der Waals surface area contributed by atoms with Crippen molar-refractivity contribution in [2.24, 2.45) is 11.5 Å². The molecule has 5 heteroatoms. The summed E-state index contributed by atoms with van der Waals surface area (Å²) in [5.74, 6) is 5.20. The molecule has 0 amide bonds. The molecule has 0 aromatic heterocycles. The highest BCUT2D eigenvalue weighted by Crippen LogP contribution is 2.10. The van der Waals surface area contributed by atoms with Crippen LogP contribution in [-0.4, -0.2) is 18.8 Å². The Bertz CT molecular complexity index is 149. The lowest BCUT2D eigenvalue weighted by Crippen LogP contribution is -2.40. The minimum atomic E-state index is -1.48. The molecule has 0 aromatic carbocycles. The van der Waals surface area contributed by atoms with Crippen LogP contribution in [0.5, 0.6) is 0 Å². The summed E-state index contributed by atoms with van der Waals surface area (Å²) in [6, 6.07) is 0. The lowest BCUT2D eigenvalue weighted by Gasteiger charge is -2.17. The van der Waals surface area contributed by atoms with Gasteiger partial charge in [0.05, 0.1) is 0 Å². The molecule has 0 rings (SSSR count). The van der Waals surface area contributed by atoms with Gasteiger partial charge >= 0.3 is 0 Å². The van der Waals surface area contributed by atoms with Crippen molar-refractivity contribution in [3.63, 3.8) is 0 Å². The van der Waals surface area contributed by atoms with Crippen LogP contribution in [0.3, 0.4) is 0 Å². The maximum absolute atomic E-state index is 13.1. The van der Waals surface area contributed by atoms with Gasteiger partial charge in [-0.1, -0.05) is 0 Å². The predicted molar refractivity (Wildman–Crippen MR) is 54.5 cm³/mol. The summed E-state index contributed by atoms with van der Waals surface area (Å²) in [5.41, 5.74) is 8.79. The van der Waals surface area contributed by atoms with Gasteiger partial charge in [0.25, 0.3) is 0 Å². The van der Waals surface area contributed by atoms with Crippen molar-refractivity contribution >= 4 is 24.8 Å². The summed E-state index contributed by atoms with van der Waals surface area (Å²) in [6.45, 7) is 1.55. The van der Waals surface area contributed by atoms with E-state index in [2.05, 4.69) is 11.8 Å². The highest BCUT2D eigenvalue weighted by Gasteiger charge is 2.24. The molecule has 0 saturated carbocycles. The van der Waals surface area contributed by atoms with Crippen molar-refractivity contribution in [2.45, 2.75) is 19.0 Å². The van der Waals surface area contributed by atoms with Crippen molar-refractivity contribution in [3.8, 4) is 11.8 Å². The van der Waals surface area contributed by atoms with Crippen molar-refractivity contribution < 1.29 is 4.39 Å². The molecular formula is C7H15Cl2FN2. The van der Waals surface area contributed by atoms with E-state index < -0.39 is 5.67 Å². The normalized spacial score (nSPS) is 8.67. The Kier molecular flexibility index (Phi) is 13.6. The number of rotatable bonds is 3. The fourth-order valence-corrected chi connectivity index (χ4v) is 0.474. The summed E-state index contributed by atoms with van der Waals surface area (Å²) >= 11 is 0. The van der Waals surface area contributed by atoms with Gasteiger partial charge in [0.15, 0.2) is 0 Å². The van der Waals surface area contributed by atoms with E-state index in [1.165, 1.54) is 0 Å². The lowest BCUT2D eigenvalue weighted by atomic mass is 10.0. The fraction of sp³-hybridized carbons (Fsp3) is 0.714. The van der Waals surface area contributed by atoms with Gasteiger partial charge in [-0.05, 0) is 6.92 Å². The van der Waals surface area contributed by atoms with Gasteiger partial charge in [-0.3, -0.25) is 0 Å². The number of hydrogen-bond donors (Lipinski definition) is 2. The SMILES string of the molecule is CC#CCC(F)(CN)CN.Cl.Cl. The number of nitrogens with two attached hydrogens (primary N) is 2. The molecular weight excluding hydrogens is 202 g/mol. The van der Waals surface area contributed by atoms with Crippen molar-refractivity contribution in [3.05, 3.63) is 0 Å². The van der Waals surface area contributed by atoms with Crippen LogP contribution >= 0.6 is 24.8 Å². The van der Waals surface area contributed by atoms with Crippen molar-refractivity contribution in [1.82, 2.24) is 0 Å². The van der Waals surface area contributed by atoms with E-state index in [4.69, 9.17) is 11.5 Å². The summed E-state index contributed by atoms with van der Waals surface area (Å²) in [4.78, 5) is 0. The molecule has 0 saturated heterocycles. The molecule has 0 bridgehead atoms. The topological polar surface area (TPSA) is 52.0 Å². The molecule has 0 heterocycles. The fourth-order valence-electron chi connectivity index (χ4n) is 0.474. The number of halogens is 3. The van der Waals surface area contributed by atoms with E-state index in [9.17, 15) is 4.39 Å². The van der Waals surface area contributed by atoms with Gasteiger partial charge in [0, 0.05) is 19.5 Å². The third kappa shape index (κ3) is 6.68. The second-order valence-corrected chi connectivity index (χ2v) is 2.16. The van der Waals surface area contributed by atoms with Gasteiger partial charge in [0.1, 0.15) is 5.67 Å². The van der Waals surface area contributed by atoms with E-state index in [1.54, 1.807) is 6.92 Å². The molecule has 0 radical (unpaired) electrons. The quantitative estimate of drug-likeness (QED) is 0.689. The molecule has 0 aliphatic rings. The van der Waals surface area contributed by atoms with Crippen LogP contribution in [0.25, 0.3) is 0 Å². The molecule has 0 aliphatic heterocycles. The Labute approximate surface area is 85.1 Å². The van der Waals surface area contributed by atoms with Gasteiger partial charge in [-0.25, -0.2) is 4.39 Å². The van der Waals surface area contributed by atoms with E-state index in [0.29, 0.717) is 0 Å². The minimum absolute atomic E-state index is 0. The summed E-state index contributed by atoms with van der Waals surface area (Å²) in [6.07, 6.45) is 0.135.